The average Bonchev–Trinajstić information content (AvgIpc) is 2.78. The molecule has 0 spiro atoms. The number of amides is 1. The third kappa shape index (κ3) is 4.40. The number of aromatic nitrogens is 1. The highest BCUT2D eigenvalue weighted by Crippen LogP contribution is 2.40. The molecule has 0 saturated carbocycles. The zero-order chi connectivity index (χ0) is 20.8. The molecule has 1 heterocycles. The first kappa shape index (κ1) is 20.0. The van der Waals surface area contributed by atoms with E-state index in [0.29, 0.717) is 34.3 Å². The van der Waals surface area contributed by atoms with Crippen molar-refractivity contribution >= 4 is 23.1 Å². The summed E-state index contributed by atoms with van der Waals surface area (Å²) in [5.41, 5.74) is 2.02. The topological polar surface area (TPSA) is 72.9 Å². The van der Waals surface area contributed by atoms with Crippen LogP contribution < -0.4 is 24.4 Å². The van der Waals surface area contributed by atoms with Gasteiger partial charge >= 0.3 is 0 Å². The van der Waals surface area contributed by atoms with Gasteiger partial charge in [-0.15, -0.1) is 0 Å². The Morgan fingerprint density at radius 3 is 2.10 bits per heavy atom. The summed E-state index contributed by atoms with van der Waals surface area (Å²) in [5, 5.41) is 3.18. The van der Waals surface area contributed by atoms with Crippen LogP contribution in [0.25, 0.3) is 0 Å². The molecular weight excluding hydrogens is 370 g/mol. The van der Waals surface area contributed by atoms with Crippen molar-refractivity contribution in [3.05, 3.63) is 66.4 Å². The number of carbonyl (C=O) groups is 1. The highest BCUT2D eigenvalue weighted by atomic mass is 16.5. The SMILES string of the molecule is COc1cc(Nc2ccc(C(=O)N(C)c3ccccc3)cn2)cc(OC)c1OC. The minimum atomic E-state index is -0.136. The van der Waals surface area contributed by atoms with E-state index >= 15 is 0 Å². The second-order valence-electron chi connectivity index (χ2n) is 6.17. The van der Waals surface area contributed by atoms with E-state index in [1.165, 1.54) is 0 Å². The summed E-state index contributed by atoms with van der Waals surface area (Å²) >= 11 is 0. The minimum absolute atomic E-state index is 0.136. The smallest absolute Gasteiger partial charge is 0.259 e. The molecule has 0 radical (unpaired) electrons. The number of benzene rings is 2. The quantitative estimate of drug-likeness (QED) is 0.651. The molecule has 150 valence electrons. The molecule has 0 fully saturated rings. The van der Waals surface area contributed by atoms with Crippen molar-refractivity contribution in [3.63, 3.8) is 0 Å². The Labute approximate surface area is 169 Å². The largest absolute Gasteiger partial charge is 0.493 e. The fourth-order valence-corrected chi connectivity index (χ4v) is 2.86. The Morgan fingerprint density at radius 1 is 0.931 bits per heavy atom. The maximum absolute atomic E-state index is 12.7. The lowest BCUT2D eigenvalue weighted by atomic mass is 10.2. The number of anilines is 3. The Balaban J connectivity index is 1.78. The van der Waals surface area contributed by atoms with Crippen molar-refractivity contribution in [3.8, 4) is 17.2 Å². The van der Waals surface area contributed by atoms with Gasteiger partial charge in [-0.25, -0.2) is 4.98 Å². The standard InChI is InChI=1S/C22H23N3O4/c1-25(17-8-6-5-7-9-17)22(26)15-10-11-20(23-14-15)24-16-12-18(27-2)21(29-4)19(13-16)28-3/h5-14H,1-4H3,(H,23,24). The van der Waals surface area contributed by atoms with Crippen LogP contribution in [0.4, 0.5) is 17.2 Å². The summed E-state index contributed by atoms with van der Waals surface area (Å²) in [6.07, 6.45) is 1.54. The van der Waals surface area contributed by atoms with Crippen LogP contribution in [0.15, 0.2) is 60.8 Å². The van der Waals surface area contributed by atoms with E-state index in [1.54, 1.807) is 63.7 Å². The van der Waals surface area contributed by atoms with E-state index in [-0.39, 0.29) is 5.91 Å². The van der Waals surface area contributed by atoms with Gasteiger partial charge in [0, 0.05) is 36.8 Å². The van der Waals surface area contributed by atoms with E-state index in [4.69, 9.17) is 14.2 Å². The Kier molecular flexibility index (Phi) is 6.19. The Bertz CT molecular complexity index is 950. The Hall–Kier alpha value is -3.74. The zero-order valence-electron chi connectivity index (χ0n) is 16.8. The molecule has 1 N–H and O–H groups in total. The van der Waals surface area contributed by atoms with E-state index in [0.717, 1.165) is 5.69 Å². The molecule has 29 heavy (non-hydrogen) atoms. The van der Waals surface area contributed by atoms with Gasteiger partial charge in [0.2, 0.25) is 5.75 Å². The molecule has 3 rings (SSSR count). The maximum atomic E-state index is 12.7. The van der Waals surface area contributed by atoms with E-state index < -0.39 is 0 Å². The lowest BCUT2D eigenvalue weighted by Gasteiger charge is -2.17. The van der Waals surface area contributed by atoms with Gasteiger partial charge in [-0.1, -0.05) is 18.2 Å². The van der Waals surface area contributed by atoms with Gasteiger partial charge in [-0.3, -0.25) is 4.79 Å². The molecule has 1 amide bonds. The third-order valence-electron chi connectivity index (χ3n) is 4.40. The third-order valence-corrected chi connectivity index (χ3v) is 4.40. The second-order valence-corrected chi connectivity index (χ2v) is 6.17. The molecule has 0 saturated heterocycles. The number of hydrogen-bond acceptors (Lipinski definition) is 6. The minimum Gasteiger partial charge on any atom is -0.493 e. The molecule has 0 unspecified atom stereocenters. The first-order valence-electron chi connectivity index (χ1n) is 8.93. The van der Waals surface area contributed by atoms with Crippen LogP contribution in [0.1, 0.15) is 10.4 Å². The number of pyridine rings is 1. The molecule has 7 nitrogen and oxygen atoms in total. The van der Waals surface area contributed by atoms with E-state index in [1.807, 2.05) is 30.3 Å². The molecule has 3 aromatic rings. The summed E-state index contributed by atoms with van der Waals surface area (Å²) in [7, 11) is 6.41. The number of hydrogen-bond donors (Lipinski definition) is 1. The van der Waals surface area contributed by atoms with Crippen LogP contribution in [0.2, 0.25) is 0 Å². The predicted molar refractivity (Wildman–Crippen MR) is 113 cm³/mol. The van der Waals surface area contributed by atoms with Gasteiger partial charge in [0.25, 0.3) is 5.91 Å². The molecular formula is C22H23N3O4. The summed E-state index contributed by atoms with van der Waals surface area (Å²) in [6, 6.07) is 16.5. The van der Waals surface area contributed by atoms with Crippen molar-refractivity contribution in [2.45, 2.75) is 0 Å². The molecule has 0 atom stereocenters. The fraction of sp³-hybridized carbons (Fsp3) is 0.182. The highest BCUT2D eigenvalue weighted by molar-refractivity contribution is 6.05. The number of ether oxygens (including phenoxy) is 3. The number of rotatable bonds is 7. The average molecular weight is 393 g/mol. The van der Waals surface area contributed by atoms with Crippen molar-refractivity contribution in [1.82, 2.24) is 4.98 Å². The van der Waals surface area contributed by atoms with Gasteiger partial charge in [0.15, 0.2) is 11.5 Å². The van der Waals surface area contributed by atoms with Crippen molar-refractivity contribution < 1.29 is 19.0 Å². The van der Waals surface area contributed by atoms with E-state index in [2.05, 4.69) is 10.3 Å². The first-order valence-corrected chi connectivity index (χ1v) is 8.93. The number of methoxy groups -OCH3 is 3. The summed E-state index contributed by atoms with van der Waals surface area (Å²) < 4.78 is 16.0. The van der Waals surface area contributed by atoms with Gasteiger partial charge in [-0.05, 0) is 24.3 Å². The zero-order valence-corrected chi connectivity index (χ0v) is 16.8. The summed E-state index contributed by atoms with van der Waals surface area (Å²) in [6.45, 7) is 0. The van der Waals surface area contributed by atoms with Crippen LogP contribution in [0.3, 0.4) is 0 Å². The lowest BCUT2D eigenvalue weighted by Crippen LogP contribution is -2.26. The monoisotopic (exact) mass is 393 g/mol. The normalized spacial score (nSPS) is 10.2. The molecule has 7 heteroatoms. The number of carbonyl (C=O) groups excluding carboxylic acids is 1. The number of nitrogens with zero attached hydrogens (tertiary/aromatic N) is 2. The molecule has 2 aromatic carbocycles. The van der Waals surface area contributed by atoms with Crippen molar-refractivity contribution in [1.29, 1.82) is 0 Å². The fourth-order valence-electron chi connectivity index (χ4n) is 2.86. The van der Waals surface area contributed by atoms with Crippen LogP contribution in [0, 0.1) is 0 Å². The van der Waals surface area contributed by atoms with Crippen molar-refractivity contribution in [2.75, 3.05) is 38.6 Å². The maximum Gasteiger partial charge on any atom is 0.259 e. The molecule has 0 aliphatic rings. The molecule has 0 aliphatic heterocycles. The van der Waals surface area contributed by atoms with Gasteiger partial charge in [0.05, 0.1) is 26.9 Å². The van der Waals surface area contributed by atoms with Crippen LogP contribution in [-0.4, -0.2) is 39.3 Å². The van der Waals surface area contributed by atoms with Crippen LogP contribution in [-0.2, 0) is 0 Å². The number of para-hydroxylation sites is 1. The second kappa shape index (κ2) is 8.97. The van der Waals surface area contributed by atoms with Gasteiger partial charge in [0.1, 0.15) is 5.82 Å². The first-order chi connectivity index (χ1) is 14.1. The molecule has 0 bridgehead atoms. The molecule has 0 aliphatic carbocycles. The van der Waals surface area contributed by atoms with Crippen LogP contribution in [0.5, 0.6) is 17.2 Å². The Morgan fingerprint density at radius 2 is 1.59 bits per heavy atom. The highest BCUT2D eigenvalue weighted by Gasteiger charge is 2.15. The lowest BCUT2D eigenvalue weighted by molar-refractivity contribution is 0.0992. The van der Waals surface area contributed by atoms with Crippen LogP contribution >= 0.6 is 0 Å². The predicted octanol–water partition coefficient (Wildman–Crippen LogP) is 4.13. The summed E-state index contributed by atoms with van der Waals surface area (Å²) in [4.78, 5) is 18.6. The number of nitrogens with one attached hydrogen (secondary N) is 1. The van der Waals surface area contributed by atoms with Crippen molar-refractivity contribution in [2.24, 2.45) is 0 Å². The molecule has 1 aromatic heterocycles. The van der Waals surface area contributed by atoms with Gasteiger partial charge in [-0.2, -0.15) is 0 Å². The van der Waals surface area contributed by atoms with E-state index in [9.17, 15) is 4.79 Å². The summed E-state index contributed by atoms with van der Waals surface area (Å²) in [5.74, 6) is 2.02. The van der Waals surface area contributed by atoms with Gasteiger partial charge < -0.3 is 24.4 Å².